The summed E-state index contributed by atoms with van der Waals surface area (Å²) in [5, 5.41) is 7.93. The molecule has 1 aromatic heterocycles. The monoisotopic (exact) mass is 469 g/mol. The first kappa shape index (κ1) is 20.4. The number of nitrogens with one attached hydrogen (secondary N) is 2. The summed E-state index contributed by atoms with van der Waals surface area (Å²) in [6, 6.07) is 19.4. The minimum atomic E-state index is -0.303. The van der Waals surface area contributed by atoms with Crippen LogP contribution in [0.15, 0.2) is 66.0 Å². The zero-order valence-corrected chi connectivity index (χ0v) is 18.8. The largest absolute Gasteiger partial charge is 0.454 e. The van der Waals surface area contributed by atoms with Crippen molar-refractivity contribution in [1.82, 2.24) is 4.98 Å². The summed E-state index contributed by atoms with van der Waals surface area (Å²) in [7, 11) is 0. The average Bonchev–Trinajstić information content (AvgIpc) is 3.56. The maximum atomic E-state index is 12.6. The minimum absolute atomic E-state index is 0.119. The summed E-state index contributed by atoms with van der Waals surface area (Å²) in [5.74, 6) is 0.698. The summed E-state index contributed by atoms with van der Waals surface area (Å²) in [6.45, 7) is 0.150. The maximum absolute atomic E-state index is 12.6. The molecule has 0 unspecified atom stereocenters. The van der Waals surface area contributed by atoms with Gasteiger partial charge in [-0.25, -0.2) is 4.98 Å². The number of amides is 2. The van der Waals surface area contributed by atoms with E-state index in [1.54, 1.807) is 23.6 Å². The molecule has 0 saturated heterocycles. The highest BCUT2D eigenvalue weighted by molar-refractivity contribution is 7.14. The third kappa shape index (κ3) is 3.88. The molecule has 0 atom stereocenters. The molecule has 1 aliphatic carbocycles. The number of carbonyl (C=O) groups excluding carboxylic acids is 2. The van der Waals surface area contributed by atoms with Gasteiger partial charge in [-0.3, -0.25) is 14.9 Å². The van der Waals surface area contributed by atoms with Crippen molar-refractivity contribution in [3.8, 4) is 22.6 Å². The molecule has 6 rings (SSSR count). The van der Waals surface area contributed by atoms with E-state index in [1.807, 2.05) is 24.3 Å². The number of thiazole rings is 1. The average molecular weight is 470 g/mol. The van der Waals surface area contributed by atoms with Crippen LogP contribution in [-0.2, 0) is 17.6 Å². The molecule has 2 amide bonds. The van der Waals surface area contributed by atoms with E-state index in [-0.39, 0.29) is 25.0 Å². The molecule has 2 N–H and O–H groups in total. The van der Waals surface area contributed by atoms with Gasteiger partial charge in [0.15, 0.2) is 16.6 Å². The number of anilines is 2. The van der Waals surface area contributed by atoms with Gasteiger partial charge in [-0.1, -0.05) is 30.3 Å². The van der Waals surface area contributed by atoms with Crippen LogP contribution in [0.5, 0.6) is 11.5 Å². The standard InChI is InChI=1S/C26H19N3O4S/c30-24(27-18-6-7-21-17(10-18)9-15-3-1-2-4-20(15)21)12-19-13-34-26(28-19)29-25(31)16-5-8-22-23(11-16)33-14-32-22/h1-8,10-11,13H,9,12,14H2,(H,27,30)(H,28,29,31). The first-order valence-corrected chi connectivity index (χ1v) is 11.7. The SMILES string of the molecule is O=C(Cc1csc(NC(=O)c2ccc3c(c2)OCO3)n1)Nc1ccc2c(c1)Cc1ccccc1-2. The molecule has 168 valence electrons. The Morgan fingerprint density at radius 3 is 2.71 bits per heavy atom. The highest BCUT2D eigenvalue weighted by Gasteiger charge is 2.19. The second-order valence-corrected chi connectivity index (χ2v) is 8.96. The molecular formula is C26H19N3O4S. The Morgan fingerprint density at radius 1 is 0.912 bits per heavy atom. The predicted molar refractivity (Wildman–Crippen MR) is 130 cm³/mol. The van der Waals surface area contributed by atoms with Crippen LogP contribution < -0.4 is 20.1 Å². The zero-order chi connectivity index (χ0) is 23.1. The van der Waals surface area contributed by atoms with E-state index in [0.29, 0.717) is 27.9 Å². The van der Waals surface area contributed by atoms with Crippen LogP contribution in [0.3, 0.4) is 0 Å². The predicted octanol–water partition coefficient (Wildman–Crippen LogP) is 4.88. The highest BCUT2D eigenvalue weighted by atomic mass is 32.1. The zero-order valence-electron chi connectivity index (χ0n) is 18.0. The van der Waals surface area contributed by atoms with Crippen LogP contribution in [0.4, 0.5) is 10.8 Å². The third-order valence-corrected chi connectivity index (χ3v) is 6.63. The normalized spacial score (nSPS) is 12.7. The Hall–Kier alpha value is -4.17. The molecule has 8 heteroatoms. The summed E-state index contributed by atoms with van der Waals surface area (Å²) in [5.41, 5.74) is 6.79. The van der Waals surface area contributed by atoms with Crippen LogP contribution in [-0.4, -0.2) is 23.6 Å². The lowest BCUT2D eigenvalue weighted by molar-refractivity contribution is -0.115. The van der Waals surface area contributed by atoms with E-state index in [9.17, 15) is 9.59 Å². The van der Waals surface area contributed by atoms with Crippen molar-refractivity contribution < 1.29 is 19.1 Å². The van der Waals surface area contributed by atoms with Crippen LogP contribution in [0.2, 0.25) is 0 Å². The second kappa shape index (κ2) is 8.31. The fraction of sp³-hybridized carbons (Fsp3) is 0.115. The highest BCUT2D eigenvalue weighted by Crippen LogP contribution is 2.37. The molecule has 34 heavy (non-hydrogen) atoms. The quantitative estimate of drug-likeness (QED) is 0.383. The Kier molecular flexibility index (Phi) is 5.00. The number of benzene rings is 3. The summed E-state index contributed by atoms with van der Waals surface area (Å²) in [4.78, 5) is 29.5. The Labute approximate surface area is 199 Å². The molecule has 2 aliphatic rings. The molecule has 0 spiro atoms. The van der Waals surface area contributed by atoms with Gasteiger partial charge in [-0.05, 0) is 59.0 Å². The van der Waals surface area contributed by atoms with Crippen molar-refractivity contribution >= 4 is 34.0 Å². The number of aromatic nitrogens is 1. The molecule has 3 aromatic carbocycles. The number of hydrogen-bond acceptors (Lipinski definition) is 6. The van der Waals surface area contributed by atoms with Gasteiger partial charge in [-0.15, -0.1) is 11.3 Å². The molecule has 0 radical (unpaired) electrons. The van der Waals surface area contributed by atoms with Crippen LogP contribution in [0, 0.1) is 0 Å². The Balaban J connectivity index is 1.08. The number of rotatable bonds is 5. The maximum Gasteiger partial charge on any atom is 0.257 e. The van der Waals surface area contributed by atoms with Crippen molar-refractivity contribution in [2.75, 3.05) is 17.4 Å². The van der Waals surface area contributed by atoms with Crippen molar-refractivity contribution in [3.05, 3.63) is 88.4 Å². The smallest absolute Gasteiger partial charge is 0.257 e. The summed E-state index contributed by atoms with van der Waals surface area (Å²) >= 11 is 1.28. The number of nitrogens with zero attached hydrogens (tertiary/aromatic N) is 1. The van der Waals surface area contributed by atoms with E-state index in [0.717, 1.165) is 12.1 Å². The van der Waals surface area contributed by atoms with E-state index in [4.69, 9.17) is 9.47 Å². The number of carbonyl (C=O) groups is 2. The summed E-state index contributed by atoms with van der Waals surface area (Å²) in [6.07, 6.45) is 0.988. The molecule has 1 aliphatic heterocycles. The van der Waals surface area contributed by atoms with E-state index < -0.39 is 0 Å². The van der Waals surface area contributed by atoms with E-state index >= 15 is 0 Å². The lowest BCUT2D eigenvalue weighted by Gasteiger charge is -2.07. The summed E-state index contributed by atoms with van der Waals surface area (Å²) < 4.78 is 10.6. The number of ether oxygens (including phenoxy) is 2. The van der Waals surface area contributed by atoms with Crippen molar-refractivity contribution in [2.45, 2.75) is 12.8 Å². The van der Waals surface area contributed by atoms with Gasteiger partial charge in [0.05, 0.1) is 12.1 Å². The van der Waals surface area contributed by atoms with Gasteiger partial charge in [0.25, 0.3) is 5.91 Å². The van der Waals surface area contributed by atoms with Gasteiger partial charge >= 0.3 is 0 Å². The van der Waals surface area contributed by atoms with Crippen molar-refractivity contribution in [1.29, 1.82) is 0 Å². The first-order chi connectivity index (χ1) is 16.6. The molecule has 2 heterocycles. The van der Waals surface area contributed by atoms with E-state index in [1.165, 1.54) is 33.6 Å². The van der Waals surface area contributed by atoms with Crippen molar-refractivity contribution in [2.24, 2.45) is 0 Å². The fourth-order valence-electron chi connectivity index (χ4n) is 4.25. The van der Waals surface area contributed by atoms with Gasteiger partial charge in [0.1, 0.15) is 0 Å². The molecule has 0 bridgehead atoms. The Morgan fingerprint density at radius 2 is 1.76 bits per heavy atom. The van der Waals surface area contributed by atoms with Gasteiger partial charge < -0.3 is 14.8 Å². The fourth-order valence-corrected chi connectivity index (χ4v) is 4.95. The molecule has 4 aromatic rings. The topological polar surface area (TPSA) is 89.6 Å². The van der Waals surface area contributed by atoms with Crippen LogP contribution >= 0.6 is 11.3 Å². The minimum Gasteiger partial charge on any atom is -0.454 e. The number of hydrogen-bond donors (Lipinski definition) is 2. The van der Waals surface area contributed by atoms with Gasteiger partial charge in [0, 0.05) is 16.6 Å². The third-order valence-electron chi connectivity index (χ3n) is 5.83. The molecule has 0 saturated carbocycles. The van der Waals surface area contributed by atoms with Crippen LogP contribution in [0.25, 0.3) is 11.1 Å². The lowest BCUT2D eigenvalue weighted by atomic mass is 10.1. The second-order valence-electron chi connectivity index (χ2n) is 8.10. The molecular weight excluding hydrogens is 450 g/mol. The first-order valence-electron chi connectivity index (χ1n) is 10.8. The van der Waals surface area contributed by atoms with E-state index in [2.05, 4.69) is 33.8 Å². The van der Waals surface area contributed by atoms with Crippen LogP contribution in [0.1, 0.15) is 27.2 Å². The molecule has 7 nitrogen and oxygen atoms in total. The molecule has 0 fully saturated rings. The number of fused-ring (bicyclic) bond motifs is 4. The Bertz CT molecular complexity index is 1450. The van der Waals surface area contributed by atoms with Crippen molar-refractivity contribution in [3.63, 3.8) is 0 Å². The van der Waals surface area contributed by atoms with Gasteiger partial charge in [0.2, 0.25) is 12.7 Å². The van der Waals surface area contributed by atoms with Gasteiger partial charge in [-0.2, -0.15) is 0 Å². The lowest BCUT2D eigenvalue weighted by Crippen LogP contribution is -2.15.